The van der Waals surface area contributed by atoms with Crippen LogP contribution in [-0.4, -0.2) is 94.5 Å². The number of rotatable bonds is 3. The van der Waals surface area contributed by atoms with Crippen molar-refractivity contribution >= 4 is 5.78 Å². The molecule has 5 fully saturated rings. The molecule has 1 aliphatic heterocycles. The maximum absolute atomic E-state index is 14.4. The molecule has 10 nitrogen and oxygen atoms in total. The molecule has 8 aliphatic rings. The Kier molecular flexibility index (Phi) is 7.17. The first kappa shape index (κ1) is 33.8. The zero-order valence-electron chi connectivity index (χ0n) is 28.8. The van der Waals surface area contributed by atoms with E-state index in [-0.39, 0.29) is 66.3 Å². The summed E-state index contributed by atoms with van der Waals surface area (Å²) in [6, 6.07) is 4.19. The van der Waals surface area contributed by atoms with E-state index in [0.717, 1.165) is 12.8 Å². The normalized spacial score (nSPS) is 54.2. The first-order chi connectivity index (χ1) is 22.9. The standard InChI is InChI=1S/C39H52O10/c1-19-33(46)39(21-7-10-34(19,2)11-8-21)37(47,13-14-40)32-28(49-39)18-38(48)23-16-26(43)30-29(20-5-6-24(41)25(42)15-20)31(45)27(44)17-35(30,3)22(23)9-12-36(32,38)4/h5-7,10,15-16,19,21-22,27-33,40-42,44-48H,8-9,11-14,17-18H2,1-4H3/t19-,21-,22+,27-,28-,29-,30-,31-,32+,33-,34-,35+,36+,37+,38-,39-/m0/s1. The molecule has 16 atom stereocenters. The zero-order valence-corrected chi connectivity index (χ0v) is 28.8. The van der Waals surface area contributed by atoms with Gasteiger partial charge in [0.1, 0.15) is 11.2 Å². The van der Waals surface area contributed by atoms with Crippen LogP contribution >= 0.6 is 0 Å². The van der Waals surface area contributed by atoms with Crippen molar-refractivity contribution in [1.82, 2.24) is 0 Å². The van der Waals surface area contributed by atoms with Crippen molar-refractivity contribution in [1.29, 1.82) is 0 Å². The van der Waals surface area contributed by atoms with E-state index in [9.17, 15) is 45.6 Å². The third-order valence-corrected chi connectivity index (χ3v) is 15.8. The Labute approximate surface area is 287 Å². The molecule has 0 aromatic heterocycles. The van der Waals surface area contributed by atoms with Crippen molar-refractivity contribution in [3.63, 3.8) is 0 Å². The number of hydrogen-bond donors (Lipinski definition) is 8. The lowest BCUT2D eigenvalue weighted by molar-refractivity contribution is -0.244. The second-order valence-electron chi connectivity index (χ2n) is 17.7. The Hall–Kier alpha value is -2.31. The molecule has 2 bridgehead atoms. The summed E-state index contributed by atoms with van der Waals surface area (Å²) in [6.45, 7) is 7.71. The minimum atomic E-state index is -1.68. The second-order valence-corrected chi connectivity index (χ2v) is 17.7. The fourth-order valence-electron chi connectivity index (χ4n) is 13.2. The largest absolute Gasteiger partial charge is 0.504 e. The molecular formula is C39H52O10. The number of phenolic OH excluding ortho intramolecular Hbond substituents is 2. The average molecular weight is 681 g/mol. The predicted octanol–water partition coefficient (Wildman–Crippen LogP) is 2.84. The number of aliphatic hydroxyl groups is 6. The van der Waals surface area contributed by atoms with Crippen LogP contribution in [0.2, 0.25) is 0 Å². The van der Waals surface area contributed by atoms with Crippen LogP contribution in [0, 0.1) is 45.8 Å². The van der Waals surface area contributed by atoms with E-state index in [1.54, 1.807) is 6.07 Å². The third-order valence-electron chi connectivity index (χ3n) is 15.8. The third kappa shape index (κ3) is 3.89. The Morgan fingerprint density at radius 2 is 1.71 bits per heavy atom. The molecule has 0 radical (unpaired) electrons. The molecule has 0 unspecified atom stereocenters. The van der Waals surface area contributed by atoms with Gasteiger partial charge in [-0.15, -0.1) is 0 Å². The number of aromatic hydroxyl groups is 2. The molecule has 1 aromatic carbocycles. The molecule has 1 heterocycles. The number of fused-ring (bicyclic) bond motifs is 9. The van der Waals surface area contributed by atoms with Gasteiger partial charge in [-0.25, -0.2) is 0 Å². The predicted molar refractivity (Wildman–Crippen MR) is 177 cm³/mol. The topological polar surface area (TPSA) is 188 Å². The molecule has 49 heavy (non-hydrogen) atoms. The van der Waals surface area contributed by atoms with Gasteiger partial charge in [0.2, 0.25) is 0 Å². The van der Waals surface area contributed by atoms with Gasteiger partial charge in [0.05, 0.1) is 30.0 Å². The quantitative estimate of drug-likeness (QED) is 0.174. The summed E-state index contributed by atoms with van der Waals surface area (Å²) in [5.74, 6) is -4.14. The van der Waals surface area contributed by atoms with Crippen molar-refractivity contribution in [3.8, 4) is 11.5 Å². The summed E-state index contributed by atoms with van der Waals surface area (Å²) in [5, 5.41) is 91.8. The van der Waals surface area contributed by atoms with E-state index < -0.39 is 69.8 Å². The Morgan fingerprint density at radius 3 is 2.37 bits per heavy atom. The van der Waals surface area contributed by atoms with Gasteiger partial charge in [-0.1, -0.05) is 45.9 Å². The molecule has 9 rings (SSSR count). The van der Waals surface area contributed by atoms with Crippen molar-refractivity contribution in [2.24, 2.45) is 45.8 Å². The summed E-state index contributed by atoms with van der Waals surface area (Å²) >= 11 is 0. The number of aliphatic hydroxyl groups excluding tert-OH is 4. The molecule has 8 N–H and O–H groups in total. The minimum absolute atomic E-state index is 0.0307. The Bertz CT molecular complexity index is 1640. The number of benzene rings is 1. The molecule has 0 amide bonds. The van der Waals surface area contributed by atoms with Crippen molar-refractivity contribution < 1.29 is 50.4 Å². The highest BCUT2D eigenvalue weighted by Gasteiger charge is 2.81. The summed E-state index contributed by atoms with van der Waals surface area (Å²) in [7, 11) is 0. The smallest absolute Gasteiger partial charge is 0.160 e. The van der Waals surface area contributed by atoms with Gasteiger partial charge < -0.3 is 45.6 Å². The summed E-state index contributed by atoms with van der Waals surface area (Å²) in [5.41, 5.74) is -5.75. The van der Waals surface area contributed by atoms with E-state index in [4.69, 9.17) is 4.74 Å². The number of allylic oxidation sites excluding steroid dienone is 2. The fraction of sp³-hybridized carbons (Fsp3) is 0.718. The van der Waals surface area contributed by atoms with Crippen LogP contribution in [0.3, 0.4) is 0 Å². The highest BCUT2D eigenvalue weighted by Crippen LogP contribution is 2.74. The van der Waals surface area contributed by atoms with E-state index >= 15 is 0 Å². The highest BCUT2D eigenvalue weighted by atomic mass is 16.6. The molecule has 268 valence electrons. The Balaban J connectivity index is 1.23. The first-order valence-corrected chi connectivity index (χ1v) is 18.2. The number of ketones is 1. The van der Waals surface area contributed by atoms with Gasteiger partial charge >= 0.3 is 0 Å². The van der Waals surface area contributed by atoms with Crippen LogP contribution in [0.4, 0.5) is 0 Å². The van der Waals surface area contributed by atoms with Gasteiger partial charge in [-0.05, 0) is 84.1 Å². The molecule has 10 heteroatoms. The van der Waals surface area contributed by atoms with Crippen LogP contribution in [0.1, 0.15) is 84.1 Å². The zero-order chi connectivity index (χ0) is 35.3. The van der Waals surface area contributed by atoms with E-state index in [1.165, 1.54) is 18.2 Å². The van der Waals surface area contributed by atoms with Crippen LogP contribution in [-0.2, 0) is 9.53 Å². The monoisotopic (exact) mass is 680 g/mol. The average Bonchev–Trinajstić information content (AvgIpc) is 3.38. The summed E-state index contributed by atoms with van der Waals surface area (Å²) < 4.78 is 7.06. The maximum atomic E-state index is 14.4. The van der Waals surface area contributed by atoms with Gasteiger partial charge in [0.25, 0.3) is 0 Å². The van der Waals surface area contributed by atoms with Crippen molar-refractivity contribution in [3.05, 3.63) is 47.6 Å². The van der Waals surface area contributed by atoms with Crippen LogP contribution in [0.25, 0.3) is 0 Å². The number of ether oxygens (including phenoxy) is 1. The molecule has 1 saturated heterocycles. The molecule has 7 aliphatic carbocycles. The van der Waals surface area contributed by atoms with Gasteiger partial charge in [0, 0.05) is 48.5 Å². The lowest BCUT2D eigenvalue weighted by atomic mass is 9.43. The molecule has 1 aromatic rings. The highest BCUT2D eigenvalue weighted by molar-refractivity contribution is 5.96. The van der Waals surface area contributed by atoms with E-state index in [2.05, 4.69) is 19.1 Å². The molecule has 1 spiro atoms. The van der Waals surface area contributed by atoms with E-state index in [1.807, 2.05) is 20.8 Å². The first-order valence-electron chi connectivity index (χ1n) is 18.2. The van der Waals surface area contributed by atoms with E-state index in [0.29, 0.717) is 24.0 Å². The summed E-state index contributed by atoms with van der Waals surface area (Å²) in [6.07, 6.45) is 4.38. The van der Waals surface area contributed by atoms with Crippen LogP contribution < -0.4 is 0 Å². The number of carbonyl (C=O) groups excluding carboxylic acids is 1. The van der Waals surface area contributed by atoms with Crippen molar-refractivity contribution in [2.45, 2.75) is 120 Å². The van der Waals surface area contributed by atoms with Crippen LogP contribution in [0.15, 0.2) is 42.0 Å². The minimum Gasteiger partial charge on any atom is -0.504 e. The van der Waals surface area contributed by atoms with Gasteiger partial charge in [0.15, 0.2) is 17.3 Å². The molecule has 4 saturated carbocycles. The number of carbonyl (C=O) groups is 1. The lowest BCUT2D eigenvalue weighted by Crippen LogP contribution is -2.69. The van der Waals surface area contributed by atoms with Gasteiger partial charge in [-0.2, -0.15) is 0 Å². The summed E-state index contributed by atoms with van der Waals surface area (Å²) in [4.78, 5) is 14.4. The molecular weight excluding hydrogens is 628 g/mol. The van der Waals surface area contributed by atoms with Crippen LogP contribution in [0.5, 0.6) is 11.5 Å². The number of hydrogen-bond acceptors (Lipinski definition) is 10. The number of phenols is 2. The lowest BCUT2D eigenvalue weighted by Gasteiger charge is -2.62. The van der Waals surface area contributed by atoms with Crippen molar-refractivity contribution in [2.75, 3.05) is 6.61 Å². The fourth-order valence-corrected chi connectivity index (χ4v) is 13.2. The maximum Gasteiger partial charge on any atom is 0.160 e. The Morgan fingerprint density at radius 1 is 0.980 bits per heavy atom. The van der Waals surface area contributed by atoms with Gasteiger partial charge in [-0.3, -0.25) is 4.79 Å². The SMILES string of the molecule is C[C@H]1[C@H](O)[C@@]2(O[C@H]3C[C@]4(O)C5=CC(=O)[C@H]6[C@H](c7ccc(O)c(O)c7)[C@@H](O)[C@@H](O)C[C@]6(C)[C@@H]5CC[C@]4(C)[C@@H]3[C@]2(O)CCO)[C@H]2C=C[C@@]1(C)CC2. The second kappa shape index (κ2) is 10.4.